The van der Waals surface area contributed by atoms with Crippen LogP contribution in [0.4, 0.5) is 10.1 Å². The average molecular weight is 599 g/mol. The number of methoxy groups -OCH3 is 2. The lowest BCUT2D eigenvalue weighted by atomic mass is 9.65. The number of carbonyl (C=O) groups is 3. The highest BCUT2D eigenvalue weighted by Crippen LogP contribution is 2.48. The Morgan fingerprint density at radius 1 is 1.07 bits per heavy atom. The molecule has 0 aliphatic heterocycles. The van der Waals surface area contributed by atoms with E-state index < -0.39 is 11.6 Å². The van der Waals surface area contributed by atoms with Crippen molar-refractivity contribution in [2.75, 3.05) is 39.7 Å². The fourth-order valence-corrected chi connectivity index (χ4v) is 6.23. The number of carbonyl (C=O) groups excluding carboxylic acids is 3. The zero-order valence-electron chi connectivity index (χ0n) is 26.4. The number of aryl methyl sites for hydroxylation is 1. The zero-order valence-corrected chi connectivity index (χ0v) is 26.4. The molecule has 0 bridgehead atoms. The van der Waals surface area contributed by atoms with Crippen LogP contribution >= 0.6 is 0 Å². The second-order valence-corrected chi connectivity index (χ2v) is 12.0. The highest BCUT2D eigenvalue weighted by atomic mass is 19.1. The van der Waals surface area contributed by atoms with Gasteiger partial charge >= 0.3 is 11.9 Å². The van der Waals surface area contributed by atoms with Crippen LogP contribution in [-0.2, 0) is 30.2 Å². The van der Waals surface area contributed by atoms with E-state index in [1.807, 2.05) is 6.07 Å². The minimum atomic E-state index is -0.713. The van der Waals surface area contributed by atoms with Crippen LogP contribution in [0.1, 0.15) is 86.7 Å². The minimum Gasteiger partial charge on any atom is -0.465 e. The maximum absolute atomic E-state index is 14.0. The molecule has 1 aliphatic carbocycles. The molecule has 0 fully saturated rings. The molecule has 2 aromatic rings. The van der Waals surface area contributed by atoms with Crippen LogP contribution in [0.3, 0.4) is 0 Å². The van der Waals surface area contributed by atoms with Crippen LogP contribution < -0.4 is 5.32 Å². The quantitative estimate of drug-likeness (QED) is 0.195. The van der Waals surface area contributed by atoms with E-state index in [2.05, 4.69) is 38.0 Å². The number of halogens is 1. The summed E-state index contributed by atoms with van der Waals surface area (Å²) in [6.45, 7) is 7.04. The summed E-state index contributed by atoms with van der Waals surface area (Å²) in [5.41, 5.74) is 2.40. The van der Waals surface area contributed by atoms with Crippen LogP contribution in [0.15, 0.2) is 42.5 Å². The molecule has 9 heteroatoms. The van der Waals surface area contributed by atoms with Crippen LogP contribution in [-0.4, -0.2) is 68.8 Å². The summed E-state index contributed by atoms with van der Waals surface area (Å²) in [4.78, 5) is 39.0. The van der Waals surface area contributed by atoms with E-state index >= 15 is 0 Å². The van der Waals surface area contributed by atoms with Gasteiger partial charge in [-0.25, -0.2) is 14.0 Å². The summed E-state index contributed by atoms with van der Waals surface area (Å²) < 4.78 is 30.1. The van der Waals surface area contributed by atoms with Gasteiger partial charge in [0.2, 0.25) is 5.91 Å². The summed E-state index contributed by atoms with van der Waals surface area (Å²) in [6.07, 6.45) is 4.90. The van der Waals surface area contributed by atoms with E-state index in [0.717, 1.165) is 36.9 Å². The number of esters is 2. The number of hydrogen-bond donors (Lipinski definition) is 1. The van der Waals surface area contributed by atoms with Crippen molar-refractivity contribution < 1.29 is 33.0 Å². The Labute approximate surface area is 255 Å². The van der Waals surface area contributed by atoms with Crippen molar-refractivity contribution in [3.05, 3.63) is 65.0 Å². The number of hydrogen-bond acceptors (Lipinski definition) is 7. The maximum atomic E-state index is 14.0. The van der Waals surface area contributed by atoms with Gasteiger partial charge in [0.1, 0.15) is 18.0 Å². The Kier molecular flexibility index (Phi) is 12.7. The molecule has 2 aromatic carbocycles. The van der Waals surface area contributed by atoms with E-state index in [0.29, 0.717) is 36.9 Å². The standard InChI is InChI=1S/C34H47FN2O6/c1-23(2)32-29-16-13-27(35)21-26(29)17-18-34(32,43-31(39)22-41-5)19-20-37(4)24(3)9-7-8-10-30(38)36-28-14-11-25(12-15-28)33(40)42-6/h11-16,21,23-24,32H,7-10,17-20,22H2,1-6H3,(H,36,38)/t24?,32-,34-/m0/s1. The lowest BCUT2D eigenvalue weighted by molar-refractivity contribution is -0.172. The topological polar surface area (TPSA) is 94.2 Å². The van der Waals surface area contributed by atoms with Gasteiger partial charge in [-0.3, -0.25) is 4.79 Å². The Morgan fingerprint density at radius 2 is 1.79 bits per heavy atom. The molecule has 1 N–H and O–H groups in total. The molecule has 0 heterocycles. The number of rotatable bonds is 15. The number of fused-ring (bicyclic) bond motifs is 1. The molecular weight excluding hydrogens is 551 g/mol. The molecule has 1 amide bonds. The molecule has 0 radical (unpaired) electrons. The number of amides is 1. The van der Waals surface area contributed by atoms with E-state index in [4.69, 9.17) is 14.2 Å². The summed E-state index contributed by atoms with van der Waals surface area (Å²) in [7, 11) is 4.89. The first kappa shape index (κ1) is 34.2. The Hall–Kier alpha value is -3.30. The fourth-order valence-electron chi connectivity index (χ4n) is 6.23. The first-order chi connectivity index (χ1) is 20.5. The summed E-state index contributed by atoms with van der Waals surface area (Å²) >= 11 is 0. The van der Waals surface area contributed by atoms with Gasteiger partial charge in [-0.05, 0) is 93.1 Å². The molecule has 0 spiro atoms. The predicted molar refractivity (Wildman–Crippen MR) is 165 cm³/mol. The van der Waals surface area contributed by atoms with Crippen LogP contribution in [0, 0.1) is 11.7 Å². The lowest BCUT2D eigenvalue weighted by Crippen LogP contribution is -2.49. The highest BCUT2D eigenvalue weighted by Gasteiger charge is 2.47. The van der Waals surface area contributed by atoms with Gasteiger partial charge in [0.15, 0.2) is 0 Å². The molecule has 236 valence electrons. The largest absolute Gasteiger partial charge is 0.465 e. The van der Waals surface area contributed by atoms with E-state index in [-0.39, 0.29) is 42.2 Å². The number of nitrogens with one attached hydrogen (secondary N) is 1. The predicted octanol–water partition coefficient (Wildman–Crippen LogP) is 6.14. The third-order valence-corrected chi connectivity index (χ3v) is 8.58. The van der Waals surface area contributed by atoms with E-state index in [1.54, 1.807) is 30.3 Å². The van der Waals surface area contributed by atoms with Gasteiger partial charge in [-0.2, -0.15) is 0 Å². The molecule has 3 atom stereocenters. The molecule has 1 unspecified atom stereocenters. The first-order valence-electron chi connectivity index (χ1n) is 15.2. The van der Waals surface area contributed by atoms with Crippen LogP contribution in [0.2, 0.25) is 0 Å². The normalized spacial score (nSPS) is 18.7. The van der Waals surface area contributed by atoms with Gasteiger partial charge in [0.25, 0.3) is 0 Å². The average Bonchev–Trinajstić information content (AvgIpc) is 2.97. The van der Waals surface area contributed by atoms with Crippen LogP contribution in [0.25, 0.3) is 0 Å². The third kappa shape index (κ3) is 9.34. The summed E-state index contributed by atoms with van der Waals surface area (Å²) in [5, 5.41) is 2.87. The third-order valence-electron chi connectivity index (χ3n) is 8.58. The first-order valence-corrected chi connectivity index (χ1v) is 15.2. The minimum absolute atomic E-state index is 0.0588. The summed E-state index contributed by atoms with van der Waals surface area (Å²) in [6, 6.07) is 11.8. The Balaban J connectivity index is 1.55. The maximum Gasteiger partial charge on any atom is 0.337 e. The number of benzene rings is 2. The number of ether oxygens (including phenoxy) is 3. The van der Waals surface area contributed by atoms with E-state index in [9.17, 15) is 18.8 Å². The smallest absolute Gasteiger partial charge is 0.337 e. The molecule has 0 saturated heterocycles. The molecule has 3 rings (SSSR count). The van der Waals surface area contributed by atoms with Crippen molar-refractivity contribution in [3.8, 4) is 0 Å². The Bertz CT molecular complexity index is 1230. The number of nitrogens with zero attached hydrogens (tertiary/aromatic N) is 1. The molecule has 43 heavy (non-hydrogen) atoms. The molecule has 0 aromatic heterocycles. The van der Waals surface area contributed by atoms with Crippen LogP contribution in [0.5, 0.6) is 0 Å². The lowest BCUT2D eigenvalue weighted by Gasteiger charge is -2.47. The van der Waals surface area contributed by atoms with E-state index in [1.165, 1.54) is 20.3 Å². The van der Waals surface area contributed by atoms with Gasteiger partial charge in [0.05, 0.1) is 12.7 Å². The zero-order chi connectivity index (χ0) is 31.6. The highest BCUT2D eigenvalue weighted by molar-refractivity contribution is 5.93. The summed E-state index contributed by atoms with van der Waals surface area (Å²) in [5.74, 6) is -0.989. The molecule has 8 nitrogen and oxygen atoms in total. The van der Waals surface area contributed by atoms with Crippen molar-refractivity contribution >= 4 is 23.5 Å². The number of anilines is 1. The van der Waals surface area contributed by atoms with Crippen molar-refractivity contribution in [2.24, 2.45) is 5.92 Å². The Morgan fingerprint density at radius 3 is 2.44 bits per heavy atom. The SMILES string of the molecule is COCC(=O)O[C@]1(CCN(C)C(C)CCCCC(=O)Nc2ccc(C(=O)OC)cc2)CCc2cc(F)ccc2[C@@H]1C(C)C. The van der Waals surface area contributed by atoms with Gasteiger partial charge in [-0.15, -0.1) is 0 Å². The molecule has 1 aliphatic rings. The number of unbranched alkanes of at least 4 members (excludes halogenated alkanes) is 1. The molecule has 0 saturated carbocycles. The van der Waals surface area contributed by atoms with Gasteiger partial charge in [0, 0.05) is 44.1 Å². The second-order valence-electron chi connectivity index (χ2n) is 12.0. The monoisotopic (exact) mass is 598 g/mol. The van der Waals surface area contributed by atoms with Crippen molar-refractivity contribution in [2.45, 2.75) is 83.3 Å². The van der Waals surface area contributed by atoms with Crippen molar-refractivity contribution in [1.29, 1.82) is 0 Å². The second kappa shape index (κ2) is 16.0. The van der Waals surface area contributed by atoms with Gasteiger partial charge in [-0.1, -0.05) is 26.3 Å². The fraction of sp³-hybridized carbons (Fsp3) is 0.559. The van der Waals surface area contributed by atoms with Crippen molar-refractivity contribution in [3.63, 3.8) is 0 Å². The van der Waals surface area contributed by atoms with Gasteiger partial charge < -0.3 is 24.4 Å². The molecular formula is C34H47FN2O6. The van der Waals surface area contributed by atoms with Crippen molar-refractivity contribution in [1.82, 2.24) is 4.90 Å².